The van der Waals surface area contributed by atoms with Gasteiger partial charge in [-0.05, 0) is 49.6 Å². The van der Waals surface area contributed by atoms with Crippen LogP contribution in [0.2, 0.25) is 10.0 Å². The molecule has 1 saturated heterocycles. The summed E-state index contributed by atoms with van der Waals surface area (Å²) >= 11 is 12.1. The number of hydrogen-bond donors (Lipinski definition) is 2. The molecule has 2 atom stereocenters. The number of rotatable bonds is 9. The molecule has 2 amide bonds. The lowest BCUT2D eigenvalue weighted by atomic mass is 10.1. The maximum Gasteiger partial charge on any atom is 0.251 e. The van der Waals surface area contributed by atoms with Gasteiger partial charge < -0.3 is 10.6 Å². The summed E-state index contributed by atoms with van der Waals surface area (Å²) in [6.07, 6.45) is 1.86. The highest BCUT2D eigenvalue weighted by Crippen LogP contribution is 2.24. The Labute approximate surface area is 210 Å². The second kappa shape index (κ2) is 11.5. The van der Waals surface area contributed by atoms with Gasteiger partial charge in [0.2, 0.25) is 5.91 Å². The fourth-order valence-electron chi connectivity index (χ4n) is 3.84. The number of nitrogens with one attached hydrogen (secondary N) is 2. The van der Waals surface area contributed by atoms with Crippen molar-refractivity contribution in [1.29, 1.82) is 0 Å². The number of carbonyl (C=O) groups excluding carboxylic acids is 2. The first kappa shape index (κ1) is 26.5. The second-order valence-corrected chi connectivity index (χ2v) is 11.9. The third kappa shape index (κ3) is 7.98. The van der Waals surface area contributed by atoms with Crippen molar-refractivity contribution in [2.24, 2.45) is 0 Å². The molecule has 1 aliphatic heterocycles. The van der Waals surface area contributed by atoms with E-state index < -0.39 is 21.8 Å². The normalized spacial score (nSPS) is 17.4. The monoisotopic (exact) mass is 525 g/mol. The molecule has 0 spiro atoms. The molecule has 3 rings (SSSR count). The fraction of sp³-hybridized carbons (Fsp3) is 0.417. The lowest BCUT2D eigenvalue weighted by Gasteiger charge is -2.22. The standard InChI is InChI=1S/C24H29Cl2N3O4S/c1-16-3-6-18(7-4-16)23(30)28-22(10-12-34(2,32)33)24(31)27-19-9-11-29(15-19)14-17-5-8-20(25)21(26)13-17/h3-8,13,19,22H,9-12,14-15H2,1-2H3,(H,27,31)(H,28,30)/t19-,22+/m1/s1. The molecular formula is C24H29Cl2N3O4S. The molecule has 2 aromatic rings. The van der Waals surface area contributed by atoms with E-state index in [2.05, 4.69) is 15.5 Å². The maximum atomic E-state index is 13.0. The maximum absolute atomic E-state index is 13.0. The van der Waals surface area contributed by atoms with Gasteiger partial charge in [0.15, 0.2) is 0 Å². The minimum absolute atomic E-state index is 0.00196. The summed E-state index contributed by atoms with van der Waals surface area (Å²) in [6.45, 7) is 4.01. The van der Waals surface area contributed by atoms with Crippen molar-refractivity contribution in [3.05, 3.63) is 69.2 Å². The van der Waals surface area contributed by atoms with Gasteiger partial charge in [-0.3, -0.25) is 14.5 Å². The van der Waals surface area contributed by atoms with Crippen molar-refractivity contribution >= 4 is 44.9 Å². The molecule has 10 heteroatoms. The molecular weight excluding hydrogens is 497 g/mol. The van der Waals surface area contributed by atoms with Crippen LogP contribution in [0.15, 0.2) is 42.5 Å². The van der Waals surface area contributed by atoms with E-state index in [0.29, 0.717) is 28.7 Å². The van der Waals surface area contributed by atoms with Crippen LogP contribution in [0.1, 0.15) is 34.3 Å². The lowest BCUT2D eigenvalue weighted by Crippen LogP contribution is -2.50. The van der Waals surface area contributed by atoms with Crippen molar-refractivity contribution in [1.82, 2.24) is 15.5 Å². The molecule has 2 N–H and O–H groups in total. The molecule has 0 saturated carbocycles. The van der Waals surface area contributed by atoms with Crippen LogP contribution in [0, 0.1) is 6.92 Å². The van der Waals surface area contributed by atoms with Crippen LogP contribution in [0.5, 0.6) is 0 Å². The third-order valence-corrected chi connectivity index (χ3v) is 7.44. The number of sulfone groups is 1. The molecule has 184 valence electrons. The van der Waals surface area contributed by atoms with E-state index in [0.717, 1.165) is 30.3 Å². The zero-order valence-corrected chi connectivity index (χ0v) is 21.5. The minimum atomic E-state index is -3.30. The zero-order chi connectivity index (χ0) is 24.9. The molecule has 1 heterocycles. The highest BCUT2D eigenvalue weighted by Gasteiger charge is 2.28. The largest absolute Gasteiger partial charge is 0.350 e. The number of benzene rings is 2. The van der Waals surface area contributed by atoms with Crippen LogP contribution < -0.4 is 10.6 Å². The Balaban J connectivity index is 1.60. The summed E-state index contributed by atoms with van der Waals surface area (Å²) in [7, 11) is -3.30. The molecule has 0 aliphatic carbocycles. The minimum Gasteiger partial charge on any atom is -0.350 e. The van der Waals surface area contributed by atoms with Gasteiger partial charge in [-0.1, -0.05) is 47.0 Å². The summed E-state index contributed by atoms with van der Waals surface area (Å²) < 4.78 is 23.4. The number of nitrogens with zero attached hydrogens (tertiary/aromatic N) is 1. The van der Waals surface area contributed by atoms with E-state index in [1.807, 2.05) is 31.2 Å². The summed E-state index contributed by atoms with van der Waals surface area (Å²) in [4.78, 5) is 27.9. The van der Waals surface area contributed by atoms with E-state index >= 15 is 0 Å². The summed E-state index contributed by atoms with van der Waals surface area (Å²) in [5.74, 6) is -1.00. The fourth-order valence-corrected chi connectivity index (χ4v) is 4.82. The van der Waals surface area contributed by atoms with E-state index in [-0.39, 0.29) is 24.1 Å². The molecule has 1 aliphatic rings. The van der Waals surface area contributed by atoms with Crippen molar-refractivity contribution < 1.29 is 18.0 Å². The third-order valence-electron chi connectivity index (χ3n) is 5.72. The van der Waals surface area contributed by atoms with E-state index in [4.69, 9.17) is 23.2 Å². The Hall–Kier alpha value is -2.13. The van der Waals surface area contributed by atoms with Gasteiger partial charge in [-0.25, -0.2) is 8.42 Å². The molecule has 1 fully saturated rings. The van der Waals surface area contributed by atoms with Crippen LogP contribution in [0.3, 0.4) is 0 Å². The van der Waals surface area contributed by atoms with Crippen LogP contribution in [-0.2, 0) is 21.2 Å². The van der Waals surface area contributed by atoms with Gasteiger partial charge in [0.05, 0.1) is 15.8 Å². The Kier molecular flexibility index (Phi) is 8.98. The highest BCUT2D eigenvalue weighted by atomic mass is 35.5. The van der Waals surface area contributed by atoms with Crippen molar-refractivity contribution in [2.75, 3.05) is 25.1 Å². The van der Waals surface area contributed by atoms with Gasteiger partial charge >= 0.3 is 0 Å². The summed E-state index contributed by atoms with van der Waals surface area (Å²) in [5.41, 5.74) is 2.45. The predicted octanol–water partition coefficient (Wildman–Crippen LogP) is 3.23. The first-order valence-corrected chi connectivity index (χ1v) is 13.8. The summed E-state index contributed by atoms with van der Waals surface area (Å²) in [5, 5.41) is 6.69. The van der Waals surface area contributed by atoms with Gasteiger partial charge in [0.25, 0.3) is 5.91 Å². The SMILES string of the molecule is Cc1ccc(C(=O)N[C@@H](CCS(C)(=O)=O)C(=O)N[C@@H]2CCN(Cc3ccc(Cl)c(Cl)c3)C2)cc1. The van der Waals surface area contributed by atoms with Gasteiger partial charge in [0, 0.05) is 37.5 Å². The van der Waals surface area contributed by atoms with Crippen LogP contribution in [0.25, 0.3) is 0 Å². The predicted molar refractivity (Wildman–Crippen MR) is 135 cm³/mol. The average molecular weight is 526 g/mol. The van der Waals surface area contributed by atoms with Crippen molar-refractivity contribution in [2.45, 2.75) is 38.4 Å². The number of hydrogen-bond acceptors (Lipinski definition) is 5. The van der Waals surface area contributed by atoms with Gasteiger partial charge in [-0.2, -0.15) is 0 Å². The first-order chi connectivity index (χ1) is 16.0. The highest BCUT2D eigenvalue weighted by molar-refractivity contribution is 7.90. The summed E-state index contributed by atoms with van der Waals surface area (Å²) in [6, 6.07) is 11.4. The number of aryl methyl sites for hydroxylation is 1. The van der Waals surface area contributed by atoms with E-state index in [9.17, 15) is 18.0 Å². The Morgan fingerprint density at radius 3 is 2.47 bits per heavy atom. The van der Waals surface area contributed by atoms with Gasteiger partial charge in [-0.15, -0.1) is 0 Å². The Morgan fingerprint density at radius 2 is 1.82 bits per heavy atom. The average Bonchev–Trinajstić information content (AvgIpc) is 3.20. The van der Waals surface area contributed by atoms with Crippen molar-refractivity contribution in [3.63, 3.8) is 0 Å². The van der Waals surface area contributed by atoms with Crippen LogP contribution in [0.4, 0.5) is 0 Å². The van der Waals surface area contributed by atoms with E-state index in [1.165, 1.54) is 0 Å². The second-order valence-electron chi connectivity index (χ2n) is 8.79. The molecule has 34 heavy (non-hydrogen) atoms. The number of halogens is 2. The Bertz CT molecular complexity index is 1140. The Morgan fingerprint density at radius 1 is 1.12 bits per heavy atom. The molecule has 7 nitrogen and oxygen atoms in total. The van der Waals surface area contributed by atoms with E-state index in [1.54, 1.807) is 18.2 Å². The number of carbonyl (C=O) groups is 2. The molecule has 0 aromatic heterocycles. The first-order valence-electron chi connectivity index (χ1n) is 11.0. The topological polar surface area (TPSA) is 95.6 Å². The van der Waals surface area contributed by atoms with Crippen LogP contribution in [-0.4, -0.2) is 62.3 Å². The van der Waals surface area contributed by atoms with Crippen molar-refractivity contribution in [3.8, 4) is 0 Å². The lowest BCUT2D eigenvalue weighted by molar-refractivity contribution is -0.123. The molecule has 0 bridgehead atoms. The number of amides is 2. The molecule has 2 aromatic carbocycles. The number of likely N-dealkylation sites (tertiary alicyclic amines) is 1. The smallest absolute Gasteiger partial charge is 0.251 e. The molecule has 0 radical (unpaired) electrons. The zero-order valence-electron chi connectivity index (χ0n) is 19.2. The van der Waals surface area contributed by atoms with Crippen LogP contribution >= 0.6 is 23.2 Å². The quantitative estimate of drug-likeness (QED) is 0.523. The molecule has 0 unspecified atom stereocenters. The van der Waals surface area contributed by atoms with Gasteiger partial charge in [0.1, 0.15) is 15.9 Å².